The van der Waals surface area contributed by atoms with Gasteiger partial charge in [-0.25, -0.2) is 4.39 Å². The molecule has 0 saturated carbocycles. The largest absolute Gasteiger partial charge is 0.457 e. The Morgan fingerprint density at radius 3 is 2.58 bits per heavy atom. The predicted octanol–water partition coefficient (Wildman–Crippen LogP) is 3.73. The summed E-state index contributed by atoms with van der Waals surface area (Å²) in [7, 11) is 0. The molecular weight excluding hydrogens is 309 g/mol. The first kappa shape index (κ1) is 16.5. The predicted molar refractivity (Wildman–Crippen MR) is 89.7 cm³/mol. The van der Waals surface area contributed by atoms with Crippen molar-refractivity contribution < 1.29 is 18.3 Å². The van der Waals surface area contributed by atoms with Crippen LogP contribution in [0.25, 0.3) is 17.4 Å². The van der Waals surface area contributed by atoms with Crippen LogP contribution in [0.3, 0.4) is 0 Å². The lowest BCUT2D eigenvalue weighted by Crippen LogP contribution is -2.47. The number of hydrogen-bond acceptors (Lipinski definition) is 3. The van der Waals surface area contributed by atoms with Gasteiger partial charge in [-0.05, 0) is 44.2 Å². The van der Waals surface area contributed by atoms with Crippen molar-refractivity contribution in [1.82, 2.24) is 4.90 Å². The van der Waals surface area contributed by atoms with Crippen molar-refractivity contribution in [3.8, 4) is 11.3 Å². The quantitative estimate of drug-likeness (QED) is 0.806. The van der Waals surface area contributed by atoms with Gasteiger partial charge in [0.05, 0.1) is 17.8 Å². The molecule has 24 heavy (non-hydrogen) atoms. The highest BCUT2D eigenvalue weighted by atomic mass is 19.1. The van der Waals surface area contributed by atoms with Crippen molar-refractivity contribution in [1.29, 1.82) is 0 Å². The van der Waals surface area contributed by atoms with Crippen LogP contribution in [0, 0.1) is 5.82 Å². The van der Waals surface area contributed by atoms with Crippen molar-refractivity contribution in [3.05, 3.63) is 54.1 Å². The lowest BCUT2D eigenvalue weighted by atomic mass is 10.1. The third-order valence-corrected chi connectivity index (χ3v) is 3.89. The van der Waals surface area contributed by atoms with Crippen molar-refractivity contribution in [2.75, 3.05) is 13.1 Å². The van der Waals surface area contributed by atoms with E-state index in [1.54, 1.807) is 41.3 Å². The van der Waals surface area contributed by atoms with Gasteiger partial charge in [0, 0.05) is 19.2 Å². The molecule has 1 saturated heterocycles. The minimum atomic E-state index is -0.338. The van der Waals surface area contributed by atoms with Crippen LogP contribution >= 0.6 is 0 Å². The van der Waals surface area contributed by atoms with E-state index in [-0.39, 0.29) is 23.9 Å². The molecule has 0 spiro atoms. The Morgan fingerprint density at radius 1 is 1.17 bits per heavy atom. The molecule has 5 heteroatoms. The second-order valence-corrected chi connectivity index (χ2v) is 6.02. The Balaban J connectivity index is 1.69. The van der Waals surface area contributed by atoms with E-state index in [4.69, 9.17) is 9.15 Å². The molecule has 4 nitrogen and oxygen atoms in total. The van der Waals surface area contributed by atoms with Crippen LogP contribution in [0.2, 0.25) is 0 Å². The highest BCUT2D eigenvalue weighted by Crippen LogP contribution is 2.25. The van der Waals surface area contributed by atoms with Gasteiger partial charge in [0.2, 0.25) is 5.91 Å². The topological polar surface area (TPSA) is 42.7 Å². The molecule has 0 aliphatic carbocycles. The third kappa shape index (κ3) is 3.74. The first-order valence-corrected chi connectivity index (χ1v) is 8.00. The lowest BCUT2D eigenvalue weighted by molar-refractivity contribution is -0.137. The molecule has 1 aliphatic rings. The normalized spacial score (nSPS) is 21.4. The van der Waals surface area contributed by atoms with Crippen molar-refractivity contribution in [2.24, 2.45) is 0 Å². The van der Waals surface area contributed by atoms with Gasteiger partial charge in [-0.15, -0.1) is 0 Å². The van der Waals surface area contributed by atoms with E-state index < -0.39 is 0 Å². The molecule has 0 bridgehead atoms. The number of morpholine rings is 1. The number of carbonyl (C=O) groups excluding carboxylic acids is 1. The number of halogens is 1. The highest BCUT2D eigenvalue weighted by molar-refractivity contribution is 5.91. The number of furan rings is 1. The van der Waals surface area contributed by atoms with Gasteiger partial charge in [-0.1, -0.05) is 12.1 Å². The maximum Gasteiger partial charge on any atom is 0.246 e. The molecule has 1 fully saturated rings. The van der Waals surface area contributed by atoms with E-state index >= 15 is 0 Å². The molecule has 0 radical (unpaired) electrons. The standard InChI is InChI=1S/C19H20FNO3/c1-13-11-21(12-14(2)23-13)19(22)10-8-15-7-9-18(24-15)16-5-3-4-6-17(16)20/h3-10,13-14H,11-12H2,1-2H3/b10-8+/t13-,14+. The summed E-state index contributed by atoms with van der Waals surface area (Å²) < 4.78 is 25.0. The van der Waals surface area contributed by atoms with Gasteiger partial charge >= 0.3 is 0 Å². The van der Waals surface area contributed by atoms with Crippen LogP contribution in [0.1, 0.15) is 19.6 Å². The Kier molecular flexibility index (Phi) is 4.81. The SMILES string of the molecule is C[C@@H]1CN(C(=O)/C=C/c2ccc(-c3ccccc3F)o2)C[C@H](C)O1. The molecule has 0 unspecified atom stereocenters. The van der Waals surface area contributed by atoms with Gasteiger partial charge in [0.25, 0.3) is 0 Å². The number of hydrogen-bond donors (Lipinski definition) is 0. The van der Waals surface area contributed by atoms with Gasteiger partial charge < -0.3 is 14.1 Å². The van der Waals surface area contributed by atoms with Crippen LogP contribution in [-0.4, -0.2) is 36.1 Å². The molecule has 1 aromatic heterocycles. The Hall–Kier alpha value is -2.40. The van der Waals surface area contributed by atoms with Crippen LogP contribution in [0.4, 0.5) is 4.39 Å². The highest BCUT2D eigenvalue weighted by Gasteiger charge is 2.24. The molecule has 1 aromatic carbocycles. The van der Waals surface area contributed by atoms with Crippen LogP contribution in [0.15, 0.2) is 46.9 Å². The van der Waals surface area contributed by atoms with Gasteiger partial charge in [0.1, 0.15) is 17.3 Å². The molecule has 126 valence electrons. The summed E-state index contributed by atoms with van der Waals surface area (Å²) in [5.41, 5.74) is 0.402. The van der Waals surface area contributed by atoms with Gasteiger partial charge in [-0.3, -0.25) is 4.79 Å². The average Bonchev–Trinajstić information content (AvgIpc) is 3.01. The Morgan fingerprint density at radius 2 is 1.88 bits per heavy atom. The summed E-state index contributed by atoms with van der Waals surface area (Å²) in [4.78, 5) is 14.0. The zero-order chi connectivity index (χ0) is 17.1. The fourth-order valence-electron chi connectivity index (χ4n) is 2.86. The molecule has 0 N–H and O–H groups in total. The van der Waals surface area contributed by atoms with Gasteiger partial charge in [-0.2, -0.15) is 0 Å². The summed E-state index contributed by atoms with van der Waals surface area (Å²) in [5.74, 6) is 0.528. The van der Waals surface area contributed by atoms with Crippen molar-refractivity contribution >= 4 is 12.0 Å². The first-order valence-electron chi connectivity index (χ1n) is 8.00. The van der Waals surface area contributed by atoms with E-state index in [0.717, 1.165) is 0 Å². The number of amides is 1. The summed E-state index contributed by atoms with van der Waals surface area (Å²) >= 11 is 0. The number of benzene rings is 1. The molecule has 2 atom stereocenters. The molecule has 3 rings (SSSR count). The summed E-state index contributed by atoms with van der Waals surface area (Å²) in [5, 5.41) is 0. The fraction of sp³-hybridized carbons (Fsp3) is 0.316. The lowest BCUT2D eigenvalue weighted by Gasteiger charge is -2.34. The Labute approximate surface area is 140 Å². The smallest absolute Gasteiger partial charge is 0.246 e. The van der Waals surface area contributed by atoms with E-state index in [1.165, 1.54) is 12.1 Å². The summed E-state index contributed by atoms with van der Waals surface area (Å²) in [6, 6.07) is 9.84. The molecular formula is C19H20FNO3. The third-order valence-electron chi connectivity index (χ3n) is 3.89. The number of nitrogens with zero attached hydrogens (tertiary/aromatic N) is 1. The zero-order valence-corrected chi connectivity index (χ0v) is 13.7. The first-order chi connectivity index (χ1) is 11.5. The van der Waals surface area contributed by atoms with Crippen LogP contribution in [0.5, 0.6) is 0 Å². The Bertz CT molecular complexity index is 743. The zero-order valence-electron chi connectivity index (χ0n) is 13.7. The van der Waals surface area contributed by atoms with E-state index in [0.29, 0.717) is 30.2 Å². The molecule has 1 aliphatic heterocycles. The maximum absolute atomic E-state index is 13.8. The van der Waals surface area contributed by atoms with Crippen molar-refractivity contribution in [2.45, 2.75) is 26.1 Å². The number of rotatable bonds is 3. The van der Waals surface area contributed by atoms with E-state index in [1.807, 2.05) is 13.8 Å². The monoisotopic (exact) mass is 329 g/mol. The molecule has 2 aromatic rings. The summed E-state index contributed by atoms with van der Waals surface area (Å²) in [6.45, 7) is 5.05. The maximum atomic E-state index is 13.8. The molecule has 1 amide bonds. The summed E-state index contributed by atoms with van der Waals surface area (Å²) in [6.07, 6.45) is 3.15. The van der Waals surface area contributed by atoms with Crippen molar-refractivity contribution in [3.63, 3.8) is 0 Å². The number of ether oxygens (including phenoxy) is 1. The number of carbonyl (C=O) groups is 1. The fourth-order valence-corrected chi connectivity index (χ4v) is 2.86. The van der Waals surface area contributed by atoms with E-state index in [2.05, 4.69) is 0 Å². The minimum absolute atomic E-state index is 0.0300. The second kappa shape index (κ2) is 7.01. The molecule has 2 heterocycles. The van der Waals surface area contributed by atoms with E-state index in [9.17, 15) is 9.18 Å². The minimum Gasteiger partial charge on any atom is -0.457 e. The van der Waals surface area contributed by atoms with Crippen LogP contribution in [-0.2, 0) is 9.53 Å². The second-order valence-electron chi connectivity index (χ2n) is 6.02. The van der Waals surface area contributed by atoms with Gasteiger partial charge in [0.15, 0.2) is 0 Å². The average molecular weight is 329 g/mol. The van der Waals surface area contributed by atoms with Crippen LogP contribution < -0.4 is 0 Å².